The van der Waals surface area contributed by atoms with Gasteiger partial charge in [-0.3, -0.25) is 4.79 Å². The van der Waals surface area contributed by atoms with Crippen molar-refractivity contribution in [3.8, 4) is 22.8 Å². The van der Waals surface area contributed by atoms with Crippen LogP contribution in [0.4, 0.5) is 5.69 Å². The first-order valence-corrected chi connectivity index (χ1v) is 8.95. The summed E-state index contributed by atoms with van der Waals surface area (Å²) in [7, 11) is 0. The maximum Gasteiger partial charge on any atom is 0.219 e. The van der Waals surface area contributed by atoms with Gasteiger partial charge < -0.3 is 14.4 Å². The van der Waals surface area contributed by atoms with Gasteiger partial charge in [0.1, 0.15) is 6.29 Å². The second kappa shape index (κ2) is 8.01. The third kappa shape index (κ3) is 3.99. The van der Waals surface area contributed by atoms with Crippen LogP contribution >= 0.6 is 0 Å². The Balaban J connectivity index is 1.52. The van der Waals surface area contributed by atoms with Crippen molar-refractivity contribution in [2.75, 3.05) is 31.2 Å². The minimum Gasteiger partial charge on any atom is -0.437 e. The molecule has 1 fully saturated rings. The number of anilines is 1. The first-order chi connectivity index (χ1) is 13.3. The minimum atomic E-state index is 0.545. The highest BCUT2D eigenvalue weighted by Gasteiger charge is 2.16. The number of carbonyl (C=O) groups excluding carboxylic acids is 1. The Morgan fingerprint density at radius 3 is 2.37 bits per heavy atom. The van der Waals surface area contributed by atoms with E-state index >= 15 is 0 Å². The third-order valence-electron chi connectivity index (χ3n) is 4.55. The van der Waals surface area contributed by atoms with E-state index in [2.05, 4.69) is 16.0 Å². The van der Waals surface area contributed by atoms with Gasteiger partial charge in [0, 0.05) is 36.5 Å². The van der Waals surface area contributed by atoms with Gasteiger partial charge in [-0.1, -0.05) is 36.4 Å². The summed E-state index contributed by atoms with van der Waals surface area (Å²) in [5.74, 6) is 1.33. The van der Waals surface area contributed by atoms with Gasteiger partial charge >= 0.3 is 0 Å². The molecule has 0 spiro atoms. The van der Waals surface area contributed by atoms with Crippen LogP contribution < -0.4 is 9.64 Å². The largest absolute Gasteiger partial charge is 0.437 e. The number of para-hydroxylation sites is 2. The Labute approximate surface area is 158 Å². The highest BCUT2D eigenvalue weighted by molar-refractivity contribution is 5.76. The van der Waals surface area contributed by atoms with E-state index in [0.717, 1.165) is 55.2 Å². The molecule has 2 aromatic carbocycles. The molecule has 27 heavy (non-hydrogen) atoms. The van der Waals surface area contributed by atoms with Crippen LogP contribution in [0, 0.1) is 0 Å². The van der Waals surface area contributed by atoms with Crippen LogP contribution in [-0.2, 0) is 4.74 Å². The lowest BCUT2D eigenvalue weighted by Crippen LogP contribution is -2.36. The molecule has 0 unspecified atom stereocenters. The monoisotopic (exact) mass is 360 g/mol. The molecule has 0 atom stereocenters. The summed E-state index contributed by atoms with van der Waals surface area (Å²) in [6.45, 7) is 3.15. The normalized spacial score (nSPS) is 14.0. The van der Waals surface area contributed by atoms with E-state index in [1.807, 2.05) is 42.5 Å². The molecule has 0 amide bonds. The molecule has 0 radical (unpaired) electrons. The van der Waals surface area contributed by atoms with Crippen molar-refractivity contribution < 1.29 is 14.3 Å². The Morgan fingerprint density at radius 2 is 1.67 bits per heavy atom. The van der Waals surface area contributed by atoms with E-state index < -0.39 is 0 Å². The number of morpholine rings is 1. The maximum absolute atomic E-state index is 10.8. The quantitative estimate of drug-likeness (QED) is 0.639. The summed E-state index contributed by atoms with van der Waals surface area (Å²) >= 11 is 0. The summed E-state index contributed by atoms with van der Waals surface area (Å²) in [4.78, 5) is 17.5. The molecule has 0 saturated carbocycles. The number of carbonyl (C=O) groups is 1. The minimum absolute atomic E-state index is 0.545. The number of benzene rings is 2. The molecule has 5 heteroatoms. The van der Waals surface area contributed by atoms with Crippen LogP contribution in [0.1, 0.15) is 10.4 Å². The molecular formula is C22H20N2O3. The van der Waals surface area contributed by atoms with Gasteiger partial charge in [0.05, 0.1) is 18.9 Å². The molecule has 136 valence electrons. The summed E-state index contributed by atoms with van der Waals surface area (Å²) in [5, 5.41) is 0. The van der Waals surface area contributed by atoms with E-state index in [1.165, 1.54) is 0 Å². The number of aldehydes is 1. The number of nitrogens with zero attached hydrogens (tertiary/aromatic N) is 2. The number of pyridine rings is 1. The van der Waals surface area contributed by atoms with E-state index in [1.54, 1.807) is 18.3 Å². The van der Waals surface area contributed by atoms with Gasteiger partial charge in [-0.15, -0.1) is 0 Å². The molecule has 1 aliphatic rings. The molecule has 1 aliphatic heterocycles. The van der Waals surface area contributed by atoms with Crippen LogP contribution in [0.3, 0.4) is 0 Å². The molecule has 1 aromatic heterocycles. The van der Waals surface area contributed by atoms with Gasteiger partial charge in [-0.25, -0.2) is 4.98 Å². The number of aromatic nitrogens is 1. The average molecular weight is 360 g/mol. The zero-order valence-electron chi connectivity index (χ0n) is 14.9. The van der Waals surface area contributed by atoms with Crippen molar-refractivity contribution in [2.24, 2.45) is 0 Å². The smallest absolute Gasteiger partial charge is 0.219 e. The van der Waals surface area contributed by atoms with Gasteiger partial charge in [-0.2, -0.15) is 0 Å². The maximum atomic E-state index is 10.8. The molecule has 3 aromatic rings. The highest BCUT2D eigenvalue weighted by atomic mass is 16.5. The highest BCUT2D eigenvalue weighted by Crippen LogP contribution is 2.32. The fraction of sp³-hybridized carbons (Fsp3) is 0.182. The third-order valence-corrected chi connectivity index (χ3v) is 4.55. The predicted octanol–water partition coefficient (Wildman–Crippen LogP) is 4.19. The van der Waals surface area contributed by atoms with Gasteiger partial charge in [-0.05, 0) is 23.8 Å². The first-order valence-electron chi connectivity index (χ1n) is 8.95. The van der Waals surface area contributed by atoms with Gasteiger partial charge in [0.2, 0.25) is 5.88 Å². The van der Waals surface area contributed by atoms with Crippen molar-refractivity contribution in [1.82, 2.24) is 4.98 Å². The molecular weight excluding hydrogens is 340 g/mol. The molecule has 0 bridgehead atoms. The van der Waals surface area contributed by atoms with Crippen molar-refractivity contribution in [2.45, 2.75) is 0 Å². The van der Waals surface area contributed by atoms with Crippen molar-refractivity contribution in [1.29, 1.82) is 0 Å². The Morgan fingerprint density at radius 1 is 0.926 bits per heavy atom. The van der Waals surface area contributed by atoms with E-state index in [0.29, 0.717) is 11.4 Å². The Bertz CT molecular complexity index is 902. The summed E-state index contributed by atoms with van der Waals surface area (Å²) in [6.07, 6.45) is 2.62. The molecule has 0 aliphatic carbocycles. The number of hydrogen-bond acceptors (Lipinski definition) is 5. The lowest BCUT2D eigenvalue weighted by atomic mass is 10.1. The van der Waals surface area contributed by atoms with Crippen molar-refractivity contribution in [3.05, 3.63) is 72.4 Å². The lowest BCUT2D eigenvalue weighted by molar-refractivity contribution is 0.112. The summed E-state index contributed by atoms with van der Waals surface area (Å²) in [5.41, 5.74) is 3.69. The van der Waals surface area contributed by atoms with Crippen LogP contribution in [0.5, 0.6) is 11.6 Å². The molecule has 1 saturated heterocycles. The lowest BCUT2D eigenvalue weighted by Gasteiger charge is -2.30. The standard InChI is InChI=1S/C22H20N2O3/c25-16-17-5-7-18(8-6-17)19-9-10-22(23-15-19)27-21-4-2-1-3-20(21)24-11-13-26-14-12-24/h1-10,15-16H,11-14H2. The summed E-state index contributed by atoms with van der Waals surface area (Å²) < 4.78 is 11.5. The predicted molar refractivity (Wildman–Crippen MR) is 105 cm³/mol. The van der Waals surface area contributed by atoms with Gasteiger partial charge in [0.25, 0.3) is 0 Å². The van der Waals surface area contributed by atoms with Crippen molar-refractivity contribution in [3.63, 3.8) is 0 Å². The fourth-order valence-electron chi connectivity index (χ4n) is 3.09. The van der Waals surface area contributed by atoms with Crippen LogP contribution in [0.2, 0.25) is 0 Å². The van der Waals surface area contributed by atoms with Crippen LogP contribution in [0.25, 0.3) is 11.1 Å². The molecule has 0 N–H and O–H groups in total. The average Bonchev–Trinajstić information content (AvgIpc) is 2.75. The van der Waals surface area contributed by atoms with Crippen molar-refractivity contribution >= 4 is 12.0 Å². The van der Waals surface area contributed by atoms with E-state index in [9.17, 15) is 4.79 Å². The van der Waals surface area contributed by atoms with E-state index in [4.69, 9.17) is 9.47 Å². The van der Waals surface area contributed by atoms with Gasteiger partial charge in [0.15, 0.2) is 5.75 Å². The zero-order chi connectivity index (χ0) is 18.5. The SMILES string of the molecule is O=Cc1ccc(-c2ccc(Oc3ccccc3N3CCOCC3)nc2)cc1. The van der Waals surface area contributed by atoms with Crippen LogP contribution in [-0.4, -0.2) is 37.6 Å². The zero-order valence-corrected chi connectivity index (χ0v) is 14.9. The fourth-order valence-corrected chi connectivity index (χ4v) is 3.09. The molecule has 4 rings (SSSR count). The first kappa shape index (κ1) is 17.2. The molecule has 2 heterocycles. The topological polar surface area (TPSA) is 51.7 Å². The summed E-state index contributed by atoms with van der Waals surface area (Å²) in [6, 6.07) is 19.2. The van der Waals surface area contributed by atoms with E-state index in [-0.39, 0.29) is 0 Å². The second-order valence-electron chi connectivity index (χ2n) is 6.29. The number of ether oxygens (including phenoxy) is 2. The second-order valence-corrected chi connectivity index (χ2v) is 6.29. The number of rotatable bonds is 5. The Kier molecular flexibility index (Phi) is 5.12. The van der Waals surface area contributed by atoms with Crippen LogP contribution in [0.15, 0.2) is 66.9 Å². The number of hydrogen-bond donors (Lipinski definition) is 0. The molecule has 5 nitrogen and oxygen atoms in total. The Hall–Kier alpha value is -3.18.